The predicted octanol–water partition coefficient (Wildman–Crippen LogP) is 3.03. The van der Waals surface area contributed by atoms with E-state index in [2.05, 4.69) is 6.92 Å². The largest absolute Gasteiger partial charge is 0.485 e. The van der Waals surface area contributed by atoms with Crippen LogP contribution in [0.5, 0.6) is 5.75 Å². The molecule has 2 aliphatic rings. The van der Waals surface area contributed by atoms with Crippen LogP contribution < -0.4 is 4.74 Å². The monoisotopic (exact) mass is 448 g/mol. The van der Waals surface area contributed by atoms with E-state index in [4.69, 9.17) is 25.8 Å². The van der Waals surface area contributed by atoms with E-state index >= 15 is 0 Å². The molecule has 0 unspecified atom stereocenters. The minimum Gasteiger partial charge on any atom is -0.485 e. The van der Waals surface area contributed by atoms with E-state index in [1.807, 2.05) is 42.5 Å². The first kappa shape index (κ1) is 22.5. The molecule has 0 radical (unpaired) electrons. The van der Waals surface area contributed by atoms with Gasteiger partial charge in [0.15, 0.2) is 0 Å². The molecule has 0 amide bonds. The van der Waals surface area contributed by atoms with Gasteiger partial charge in [-0.15, -0.1) is 0 Å². The number of halogens is 1. The van der Waals surface area contributed by atoms with Crippen LogP contribution in [0.25, 0.3) is 0 Å². The summed E-state index contributed by atoms with van der Waals surface area (Å²) >= 11 is 6.45. The number of benzene rings is 2. The zero-order chi connectivity index (χ0) is 22.0. The highest BCUT2D eigenvalue weighted by Crippen LogP contribution is 2.34. The van der Waals surface area contributed by atoms with E-state index in [1.165, 1.54) is 0 Å². The third kappa shape index (κ3) is 5.22. The van der Waals surface area contributed by atoms with Crippen LogP contribution >= 0.6 is 11.6 Å². The lowest BCUT2D eigenvalue weighted by Gasteiger charge is -2.36. The molecule has 0 aromatic heterocycles. The zero-order valence-electron chi connectivity index (χ0n) is 17.5. The van der Waals surface area contributed by atoms with Crippen molar-refractivity contribution in [2.24, 2.45) is 0 Å². The molecule has 2 aromatic carbocycles. The van der Waals surface area contributed by atoms with Gasteiger partial charge in [-0.2, -0.15) is 0 Å². The molecule has 4 rings (SSSR count). The average Bonchev–Trinajstić information content (AvgIpc) is 3.19. The van der Waals surface area contributed by atoms with Gasteiger partial charge in [-0.1, -0.05) is 35.9 Å². The highest BCUT2D eigenvalue weighted by molar-refractivity contribution is 6.31. The molecule has 2 fully saturated rings. The Kier molecular flexibility index (Phi) is 6.86. The summed E-state index contributed by atoms with van der Waals surface area (Å²) in [4.78, 5) is 0. The Morgan fingerprint density at radius 3 is 2.61 bits per heavy atom. The Morgan fingerprint density at radius 1 is 1.16 bits per heavy atom. The maximum Gasteiger partial charge on any atom is 0.132 e. The molecule has 168 valence electrons. The Labute approximate surface area is 187 Å². The Balaban J connectivity index is 1.46. The van der Waals surface area contributed by atoms with Crippen LogP contribution in [0.4, 0.5) is 0 Å². The van der Waals surface area contributed by atoms with Crippen LogP contribution in [0.3, 0.4) is 0 Å². The SMILES string of the molecule is C[C@]1(Oc2ccc(Cc3cc([C@H]4C[C@@H](O)[C@H](O)[C@@H](CO)O4)ccc3Cl)cc2)CCOC1. The summed E-state index contributed by atoms with van der Waals surface area (Å²) in [6.45, 7) is 3.03. The molecule has 2 aliphatic heterocycles. The van der Waals surface area contributed by atoms with E-state index in [0.29, 0.717) is 18.1 Å². The Morgan fingerprint density at radius 2 is 1.94 bits per heavy atom. The maximum atomic E-state index is 10.1. The fourth-order valence-corrected chi connectivity index (χ4v) is 4.34. The second-order valence-corrected chi connectivity index (χ2v) is 9.07. The Hall–Kier alpha value is -1.67. The maximum absolute atomic E-state index is 10.1. The van der Waals surface area contributed by atoms with E-state index in [1.54, 1.807) is 0 Å². The van der Waals surface area contributed by atoms with Crippen molar-refractivity contribution in [2.75, 3.05) is 19.8 Å². The summed E-state index contributed by atoms with van der Waals surface area (Å²) in [6, 6.07) is 13.6. The molecule has 2 heterocycles. The average molecular weight is 449 g/mol. The van der Waals surface area contributed by atoms with Crippen LogP contribution in [-0.2, 0) is 15.9 Å². The molecule has 0 saturated carbocycles. The van der Waals surface area contributed by atoms with Gasteiger partial charge in [0.2, 0.25) is 0 Å². The first-order valence-corrected chi connectivity index (χ1v) is 11.0. The lowest BCUT2D eigenvalue weighted by molar-refractivity contribution is -0.181. The molecule has 6 nitrogen and oxygen atoms in total. The summed E-state index contributed by atoms with van der Waals surface area (Å²) in [7, 11) is 0. The van der Waals surface area contributed by atoms with Gasteiger partial charge in [0.1, 0.15) is 23.6 Å². The molecular weight excluding hydrogens is 420 g/mol. The minimum absolute atomic E-state index is 0.257. The smallest absolute Gasteiger partial charge is 0.132 e. The lowest BCUT2D eigenvalue weighted by atomic mass is 9.92. The van der Waals surface area contributed by atoms with E-state index in [-0.39, 0.29) is 18.6 Å². The number of hydrogen-bond acceptors (Lipinski definition) is 6. The number of rotatable bonds is 6. The standard InChI is InChI=1S/C24H29ClO6/c1-24(8-9-29-14-24)31-18-5-2-15(3-6-18)10-17-11-16(4-7-19(17)25)21-12-20(27)23(28)22(13-26)30-21/h2-7,11,20-23,26-28H,8-10,12-14H2,1H3/t20-,21-,22-,23+,24+/m1/s1. The van der Waals surface area contributed by atoms with Crippen molar-refractivity contribution >= 4 is 11.6 Å². The van der Waals surface area contributed by atoms with Gasteiger partial charge in [0.05, 0.1) is 32.0 Å². The molecule has 5 atom stereocenters. The summed E-state index contributed by atoms with van der Waals surface area (Å²) < 4.78 is 17.3. The number of aliphatic hydroxyl groups excluding tert-OH is 3. The summed E-state index contributed by atoms with van der Waals surface area (Å²) in [6.07, 6.45) is -1.50. The van der Waals surface area contributed by atoms with Crippen molar-refractivity contribution in [3.05, 3.63) is 64.2 Å². The van der Waals surface area contributed by atoms with Crippen molar-refractivity contribution in [1.29, 1.82) is 0 Å². The van der Waals surface area contributed by atoms with E-state index in [9.17, 15) is 15.3 Å². The van der Waals surface area contributed by atoms with Gasteiger partial charge >= 0.3 is 0 Å². The Bertz CT molecular complexity index is 880. The molecule has 7 heteroatoms. The number of ether oxygens (including phenoxy) is 3. The van der Waals surface area contributed by atoms with Crippen molar-refractivity contribution in [1.82, 2.24) is 0 Å². The van der Waals surface area contributed by atoms with Gasteiger partial charge in [-0.25, -0.2) is 0 Å². The third-order valence-corrected chi connectivity index (χ3v) is 6.42. The predicted molar refractivity (Wildman–Crippen MR) is 116 cm³/mol. The normalized spacial score (nSPS) is 31.0. The van der Waals surface area contributed by atoms with Gasteiger partial charge in [-0.3, -0.25) is 0 Å². The minimum atomic E-state index is -1.09. The van der Waals surface area contributed by atoms with Crippen LogP contribution in [0, 0.1) is 0 Å². The highest BCUT2D eigenvalue weighted by Gasteiger charge is 2.37. The quantitative estimate of drug-likeness (QED) is 0.629. The molecule has 2 saturated heterocycles. The van der Waals surface area contributed by atoms with Crippen molar-refractivity contribution in [3.63, 3.8) is 0 Å². The number of hydrogen-bond donors (Lipinski definition) is 3. The molecule has 0 spiro atoms. The molecule has 2 aromatic rings. The lowest BCUT2D eigenvalue weighted by Crippen LogP contribution is -2.47. The van der Waals surface area contributed by atoms with Crippen LogP contribution in [0.2, 0.25) is 5.02 Å². The molecule has 0 aliphatic carbocycles. The molecule has 31 heavy (non-hydrogen) atoms. The first-order chi connectivity index (χ1) is 14.9. The highest BCUT2D eigenvalue weighted by atomic mass is 35.5. The summed E-state index contributed by atoms with van der Waals surface area (Å²) in [5.74, 6) is 0.815. The van der Waals surface area contributed by atoms with Crippen LogP contribution in [-0.4, -0.2) is 59.1 Å². The fraction of sp³-hybridized carbons (Fsp3) is 0.500. The second-order valence-electron chi connectivity index (χ2n) is 8.67. The zero-order valence-corrected chi connectivity index (χ0v) is 18.3. The fourth-order valence-electron chi connectivity index (χ4n) is 4.16. The van der Waals surface area contributed by atoms with Crippen LogP contribution in [0.15, 0.2) is 42.5 Å². The first-order valence-electron chi connectivity index (χ1n) is 10.6. The third-order valence-electron chi connectivity index (χ3n) is 6.06. The van der Waals surface area contributed by atoms with Crippen molar-refractivity contribution < 1.29 is 29.5 Å². The topological polar surface area (TPSA) is 88.4 Å². The van der Waals surface area contributed by atoms with Gasteiger partial charge in [-0.05, 0) is 48.2 Å². The van der Waals surface area contributed by atoms with E-state index in [0.717, 1.165) is 35.5 Å². The van der Waals surface area contributed by atoms with Crippen molar-refractivity contribution in [2.45, 2.75) is 56.2 Å². The molecular formula is C24H29ClO6. The molecule has 0 bridgehead atoms. The van der Waals surface area contributed by atoms with Gasteiger partial charge in [0, 0.05) is 17.9 Å². The van der Waals surface area contributed by atoms with Crippen molar-refractivity contribution in [3.8, 4) is 5.75 Å². The summed E-state index contributed by atoms with van der Waals surface area (Å²) in [5.41, 5.74) is 2.61. The van der Waals surface area contributed by atoms with Crippen LogP contribution in [0.1, 0.15) is 42.6 Å². The van der Waals surface area contributed by atoms with Gasteiger partial charge in [0.25, 0.3) is 0 Å². The molecule has 3 N–H and O–H groups in total. The summed E-state index contributed by atoms with van der Waals surface area (Å²) in [5, 5.41) is 30.2. The van der Waals surface area contributed by atoms with E-state index < -0.39 is 24.4 Å². The second kappa shape index (κ2) is 9.45. The number of aliphatic hydroxyl groups is 3. The van der Waals surface area contributed by atoms with Gasteiger partial charge < -0.3 is 29.5 Å².